The molecule has 2 amide bonds. The van der Waals surface area contributed by atoms with Gasteiger partial charge in [0.15, 0.2) is 0 Å². The van der Waals surface area contributed by atoms with Crippen LogP contribution in [0, 0.1) is 0 Å². The minimum atomic E-state index is -0.650. The summed E-state index contributed by atoms with van der Waals surface area (Å²) in [6, 6.07) is 14.5. The predicted octanol–water partition coefficient (Wildman–Crippen LogP) is 4.32. The molecule has 0 saturated carbocycles. The van der Waals surface area contributed by atoms with Gasteiger partial charge in [0.2, 0.25) is 5.95 Å². The van der Waals surface area contributed by atoms with Crippen molar-refractivity contribution in [2.24, 2.45) is 5.73 Å². The van der Waals surface area contributed by atoms with Gasteiger partial charge in [-0.15, -0.1) is 0 Å². The van der Waals surface area contributed by atoms with Crippen LogP contribution in [0.15, 0.2) is 54.7 Å². The van der Waals surface area contributed by atoms with Crippen molar-refractivity contribution in [2.75, 3.05) is 23.1 Å². The Morgan fingerprint density at radius 3 is 2.58 bits per heavy atom. The predicted molar refractivity (Wildman–Crippen MR) is 120 cm³/mol. The minimum absolute atomic E-state index is 0.131. The van der Waals surface area contributed by atoms with Gasteiger partial charge in [0.05, 0.1) is 23.4 Å². The number of nitrogens with one attached hydrogen (secondary N) is 3. The van der Waals surface area contributed by atoms with E-state index in [0.717, 1.165) is 5.56 Å². The number of nitrogens with zero attached hydrogens (tertiary/aromatic N) is 2. The fourth-order valence-electron chi connectivity index (χ4n) is 2.75. The summed E-state index contributed by atoms with van der Waals surface area (Å²) in [5.74, 6) is -0.132. The highest BCUT2D eigenvalue weighted by molar-refractivity contribution is 6.33. The Labute approximate surface area is 184 Å². The van der Waals surface area contributed by atoms with Crippen LogP contribution in [0.25, 0.3) is 0 Å². The molecule has 0 radical (unpaired) electrons. The lowest BCUT2D eigenvalue weighted by molar-refractivity contribution is 0.100. The van der Waals surface area contributed by atoms with Crippen LogP contribution in [0.5, 0.6) is 0 Å². The Bertz CT molecular complexity index is 1090. The van der Waals surface area contributed by atoms with E-state index in [4.69, 9.17) is 17.3 Å². The monoisotopic (exact) mass is 440 g/mol. The maximum Gasteiger partial charge on any atom is 0.411 e. The molecule has 10 heteroatoms. The van der Waals surface area contributed by atoms with Gasteiger partial charge >= 0.3 is 6.09 Å². The van der Waals surface area contributed by atoms with Crippen LogP contribution in [0.2, 0.25) is 5.02 Å². The largest absolute Gasteiger partial charge is 0.453 e. The Morgan fingerprint density at radius 2 is 1.90 bits per heavy atom. The van der Waals surface area contributed by atoms with Gasteiger partial charge < -0.3 is 21.1 Å². The third-order valence-electron chi connectivity index (χ3n) is 4.35. The molecule has 160 valence electrons. The van der Waals surface area contributed by atoms with Crippen molar-refractivity contribution in [3.05, 3.63) is 70.9 Å². The molecule has 0 aliphatic heterocycles. The first-order valence-electron chi connectivity index (χ1n) is 9.27. The molecule has 31 heavy (non-hydrogen) atoms. The van der Waals surface area contributed by atoms with Crippen molar-refractivity contribution in [3.8, 4) is 0 Å². The van der Waals surface area contributed by atoms with Crippen molar-refractivity contribution in [3.63, 3.8) is 0 Å². The highest BCUT2D eigenvalue weighted by Gasteiger charge is 2.16. The Kier molecular flexibility index (Phi) is 6.88. The van der Waals surface area contributed by atoms with E-state index < -0.39 is 12.0 Å². The summed E-state index contributed by atoms with van der Waals surface area (Å²) in [6.45, 7) is 1.94. The zero-order chi connectivity index (χ0) is 22.4. The van der Waals surface area contributed by atoms with E-state index in [0.29, 0.717) is 22.2 Å². The molecule has 2 aromatic carbocycles. The summed E-state index contributed by atoms with van der Waals surface area (Å²) >= 11 is 6.11. The highest BCUT2D eigenvalue weighted by Crippen LogP contribution is 2.28. The van der Waals surface area contributed by atoms with E-state index in [2.05, 4.69) is 30.7 Å². The minimum Gasteiger partial charge on any atom is -0.453 e. The van der Waals surface area contributed by atoms with E-state index in [1.54, 1.807) is 18.2 Å². The van der Waals surface area contributed by atoms with Gasteiger partial charge in [0.1, 0.15) is 5.82 Å². The number of halogens is 1. The van der Waals surface area contributed by atoms with Crippen LogP contribution in [-0.2, 0) is 4.74 Å². The van der Waals surface area contributed by atoms with Crippen LogP contribution >= 0.6 is 11.6 Å². The fourth-order valence-corrected chi connectivity index (χ4v) is 2.92. The molecule has 3 rings (SSSR count). The van der Waals surface area contributed by atoms with Gasteiger partial charge in [0.25, 0.3) is 5.91 Å². The van der Waals surface area contributed by atoms with Crippen LogP contribution in [0.1, 0.15) is 28.9 Å². The zero-order valence-electron chi connectivity index (χ0n) is 16.8. The number of benzene rings is 2. The Balaban J connectivity index is 1.86. The van der Waals surface area contributed by atoms with E-state index >= 15 is 0 Å². The molecule has 5 N–H and O–H groups in total. The molecular weight excluding hydrogens is 420 g/mol. The quantitative estimate of drug-likeness (QED) is 0.430. The zero-order valence-corrected chi connectivity index (χ0v) is 17.6. The molecule has 1 atom stereocenters. The second-order valence-electron chi connectivity index (χ2n) is 6.53. The number of rotatable bonds is 7. The van der Waals surface area contributed by atoms with Crippen molar-refractivity contribution < 1.29 is 14.3 Å². The van der Waals surface area contributed by atoms with Gasteiger partial charge in [-0.3, -0.25) is 10.1 Å². The van der Waals surface area contributed by atoms with Crippen LogP contribution < -0.4 is 21.7 Å². The van der Waals surface area contributed by atoms with Crippen LogP contribution in [0.4, 0.5) is 27.9 Å². The second kappa shape index (κ2) is 9.77. The number of amides is 2. The number of carbonyl (C=O) groups is 2. The lowest BCUT2D eigenvalue weighted by Crippen LogP contribution is -2.18. The lowest BCUT2D eigenvalue weighted by Gasteiger charge is -2.17. The molecule has 0 fully saturated rings. The Morgan fingerprint density at radius 1 is 1.16 bits per heavy atom. The Hall–Kier alpha value is -3.85. The van der Waals surface area contributed by atoms with Gasteiger partial charge in [-0.05, 0) is 30.7 Å². The SMILES string of the molecule is COC(=O)Nc1cc(Nc2ncc(C(N)=O)c(N[C@H](C)c3ccccc3)n2)ccc1Cl. The summed E-state index contributed by atoms with van der Waals surface area (Å²) in [5.41, 5.74) is 7.57. The van der Waals surface area contributed by atoms with E-state index in [9.17, 15) is 9.59 Å². The fraction of sp³-hybridized carbons (Fsp3) is 0.143. The molecular formula is C21H21ClN6O3. The maximum absolute atomic E-state index is 11.8. The number of carbonyl (C=O) groups excluding carboxylic acids is 2. The van der Waals surface area contributed by atoms with Gasteiger partial charge in [-0.25, -0.2) is 9.78 Å². The molecule has 1 heterocycles. The molecule has 0 bridgehead atoms. The maximum atomic E-state index is 11.8. The number of anilines is 4. The highest BCUT2D eigenvalue weighted by atomic mass is 35.5. The van der Waals surface area contributed by atoms with Crippen molar-refractivity contribution in [2.45, 2.75) is 13.0 Å². The van der Waals surface area contributed by atoms with E-state index in [1.807, 2.05) is 37.3 Å². The van der Waals surface area contributed by atoms with E-state index in [1.165, 1.54) is 13.3 Å². The molecule has 1 aromatic heterocycles. The standard InChI is InChI=1S/C21H21ClN6O3/c1-12(13-6-4-3-5-7-13)25-19-15(18(23)29)11-24-20(28-19)26-14-8-9-16(22)17(10-14)27-21(30)31-2/h3-12H,1-2H3,(H2,23,29)(H,27,30)(H2,24,25,26,28)/t12-/m1/s1. The third kappa shape index (κ3) is 5.61. The molecule has 0 aliphatic rings. The lowest BCUT2D eigenvalue weighted by atomic mass is 10.1. The van der Waals surface area contributed by atoms with Gasteiger partial charge in [-0.2, -0.15) is 4.98 Å². The third-order valence-corrected chi connectivity index (χ3v) is 4.68. The number of nitrogens with two attached hydrogens (primary N) is 1. The number of methoxy groups -OCH3 is 1. The number of primary amides is 1. The topological polar surface area (TPSA) is 131 Å². The molecule has 0 spiro atoms. The van der Waals surface area contributed by atoms with Crippen molar-refractivity contribution in [1.82, 2.24) is 9.97 Å². The summed E-state index contributed by atoms with van der Waals surface area (Å²) in [6.07, 6.45) is 0.698. The van der Waals surface area contributed by atoms with Crippen molar-refractivity contribution >= 4 is 46.7 Å². The summed E-state index contributed by atoms with van der Waals surface area (Å²) in [7, 11) is 1.25. The summed E-state index contributed by atoms with van der Waals surface area (Å²) in [5, 5.41) is 9.07. The molecule has 3 aromatic rings. The van der Waals surface area contributed by atoms with Gasteiger partial charge in [-0.1, -0.05) is 41.9 Å². The second-order valence-corrected chi connectivity index (χ2v) is 6.94. The number of hydrogen-bond acceptors (Lipinski definition) is 7. The first kappa shape index (κ1) is 21.8. The first-order valence-corrected chi connectivity index (χ1v) is 9.65. The smallest absolute Gasteiger partial charge is 0.411 e. The number of hydrogen-bond donors (Lipinski definition) is 4. The van der Waals surface area contributed by atoms with Gasteiger partial charge in [0, 0.05) is 17.9 Å². The molecule has 0 aliphatic carbocycles. The average Bonchev–Trinajstić information content (AvgIpc) is 2.76. The van der Waals surface area contributed by atoms with Crippen LogP contribution in [0.3, 0.4) is 0 Å². The molecule has 0 unspecified atom stereocenters. The van der Waals surface area contributed by atoms with Crippen LogP contribution in [-0.4, -0.2) is 29.1 Å². The number of ether oxygens (including phenoxy) is 1. The summed E-state index contributed by atoms with van der Waals surface area (Å²) in [4.78, 5) is 31.9. The van der Waals surface area contributed by atoms with Crippen molar-refractivity contribution in [1.29, 1.82) is 0 Å². The normalized spacial score (nSPS) is 11.3. The molecule has 9 nitrogen and oxygen atoms in total. The molecule has 0 saturated heterocycles. The average molecular weight is 441 g/mol. The number of aromatic nitrogens is 2. The summed E-state index contributed by atoms with van der Waals surface area (Å²) < 4.78 is 4.59. The first-order chi connectivity index (χ1) is 14.9. The van der Waals surface area contributed by atoms with E-state index in [-0.39, 0.29) is 17.6 Å².